The molecule has 0 saturated carbocycles. The zero-order valence-electron chi connectivity index (χ0n) is 17.6. The molecule has 2 aromatic rings. The van der Waals surface area contributed by atoms with Gasteiger partial charge in [-0.25, -0.2) is 0 Å². The summed E-state index contributed by atoms with van der Waals surface area (Å²) in [6.45, 7) is 4.49. The van der Waals surface area contributed by atoms with Gasteiger partial charge in [0.25, 0.3) is 0 Å². The molecule has 4 rings (SSSR count). The molecular formula is C24H31Cl2SiZr. The van der Waals surface area contributed by atoms with Crippen LogP contribution in [-0.4, -0.2) is 7.37 Å². The van der Waals surface area contributed by atoms with Gasteiger partial charge in [0, 0.05) is 0 Å². The SMILES string of the molecule is CCC1=Cc2ccccc2[CH]1[Zr]([CH3])([CH3])([SiH3])([Cl])([Cl])[CH]1C(CC)=Cc2ccccc21. The first kappa shape index (κ1) is 20.9. The summed E-state index contributed by atoms with van der Waals surface area (Å²) in [7, 11) is 17.3. The van der Waals surface area contributed by atoms with Gasteiger partial charge in [-0.15, -0.1) is 0 Å². The Balaban J connectivity index is 2.08. The van der Waals surface area contributed by atoms with Gasteiger partial charge in [-0.2, -0.15) is 0 Å². The number of hydrogen-bond acceptors (Lipinski definition) is 0. The molecule has 2 aromatic carbocycles. The van der Waals surface area contributed by atoms with Gasteiger partial charge in [-0.05, 0) is 0 Å². The molecule has 2 atom stereocenters. The number of allylic oxidation sites excluding steroid dienone is 2. The van der Waals surface area contributed by atoms with E-state index >= 15 is 0 Å². The van der Waals surface area contributed by atoms with Crippen LogP contribution in [0.25, 0.3) is 12.2 Å². The molecule has 2 aliphatic carbocycles. The van der Waals surface area contributed by atoms with E-state index in [1.54, 1.807) is 0 Å². The van der Waals surface area contributed by atoms with E-state index in [1.807, 2.05) is 0 Å². The van der Waals surface area contributed by atoms with E-state index < -0.39 is 12.6 Å². The van der Waals surface area contributed by atoms with E-state index in [2.05, 4.69) is 83.8 Å². The van der Waals surface area contributed by atoms with Crippen LogP contribution in [0.4, 0.5) is 0 Å². The standard InChI is InChI=1S/2C11H11.2CH3.2ClH.H3Si.Zr/c2*1-2-9-7-10-5-3-4-6-11(10)8-9;;;;;;/h2*3-8H,2H2,1H3;2*1H3;2*1H;1H3;/q;;;;;;;+2/p-2. The maximum absolute atomic E-state index is 8.25. The molecule has 0 spiro atoms. The molecule has 2 aliphatic rings. The van der Waals surface area contributed by atoms with Crippen molar-refractivity contribution in [3.8, 4) is 0 Å². The van der Waals surface area contributed by atoms with Crippen molar-refractivity contribution in [2.24, 2.45) is 0 Å². The molecule has 0 nitrogen and oxygen atoms in total. The summed E-state index contributed by atoms with van der Waals surface area (Å²) in [4.78, 5) is 0. The Hall–Kier alpha value is -0.400. The van der Waals surface area contributed by atoms with E-state index in [9.17, 15) is 0 Å². The second kappa shape index (κ2) is 5.44. The summed E-state index contributed by atoms with van der Waals surface area (Å²) in [6.07, 6.45) is 6.69. The average molecular weight is 510 g/mol. The van der Waals surface area contributed by atoms with Crippen molar-refractivity contribution in [1.82, 2.24) is 0 Å². The predicted octanol–water partition coefficient (Wildman–Crippen LogP) is 7.53. The van der Waals surface area contributed by atoms with E-state index in [0.717, 1.165) is 20.2 Å². The average Bonchev–Trinajstić information content (AvgIpc) is 3.20. The van der Waals surface area contributed by atoms with Crippen LogP contribution in [0.3, 0.4) is 0 Å². The Labute approximate surface area is 173 Å². The van der Waals surface area contributed by atoms with Gasteiger partial charge in [0.05, 0.1) is 0 Å². The molecule has 0 radical (unpaired) electrons. The molecule has 0 saturated heterocycles. The van der Waals surface area contributed by atoms with E-state index in [1.165, 1.54) is 33.4 Å². The molecule has 0 N–H and O–H groups in total. The van der Waals surface area contributed by atoms with Crippen LogP contribution in [0.15, 0.2) is 59.7 Å². The van der Waals surface area contributed by atoms with Crippen LogP contribution >= 0.6 is 17.0 Å². The van der Waals surface area contributed by atoms with Crippen molar-refractivity contribution in [3.63, 3.8) is 0 Å². The first-order valence-electron chi connectivity index (χ1n) is 10.5. The molecule has 0 bridgehead atoms. The molecule has 0 aliphatic heterocycles. The molecule has 0 heterocycles. The summed E-state index contributed by atoms with van der Waals surface area (Å²) in [5, 5.41) is 0. The van der Waals surface area contributed by atoms with Gasteiger partial charge in [0.1, 0.15) is 0 Å². The molecule has 0 fully saturated rings. The minimum atomic E-state index is -5.38. The van der Waals surface area contributed by atoms with Crippen LogP contribution in [0.2, 0.25) is 9.26 Å². The predicted molar refractivity (Wildman–Crippen MR) is 128 cm³/mol. The topological polar surface area (TPSA) is 0 Å². The van der Waals surface area contributed by atoms with Crippen LogP contribution in [0, 0.1) is 0 Å². The summed E-state index contributed by atoms with van der Waals surface area (Å²) in [6, 6.07) is 17.5. The van der Waals surface area contributed by atoms with Gasteiger partial charge in [0.2, 0.25) is 0 Å². The Bertz CT molecular complexity index is 989. The number of hydrogen-bond donors (Lipinski definition) is 0. The van der Waals surface area contributed by atoms with Crippen molar-refractivity contribution in [2.75, 3.05) is 0 Å². The van der Waals surface area contributed by atoms with E-state index in [0.29, 0.717) is 0 Å². The van der Waals surface area contributed by atoms with Crippen molar-refractivity contribution in [1.29, 1.82) is 0 Å². The Morgan fingerprint density at radius 2 is 1.11 bits per heavy atom. The summed E-state index contributed by atoms with van der Waals surface area (Å²) >= 11 is -5.38. The maximum atomic E-state index is 8.25. The van der Waals surface area contributed by atoms with Crippen molar-refractivity contribution >= 4 is 36.5 Å². The summed E-state index contributed by atoms with van der Waals surface area (Å²) < 4.78 is 4.91. The van der Waals surface area contributed by atoms with Crippen LogP contribution < -0.4 is 0 Å². The number of rotatable bonds is 4. The zero-order chi connectivity index (χ0) is 20.5. The number of benzene rings is 2. The fraction of sp³-hybridized carbons (Fsp3) is 0.333. The molecule has 28 heavy (non-hydrogen) atoms. The second-order valence-electron chi connectivity index (χ2n) is 11.3. The third kappa shape index (κ3) is 2.86. The summed E-state index contributed by atoms with van der Waals surface area (Å²) in [5.74, 6) is 0. The van der Waals surface area contributed by atoms with Crippen molar-refractivity contribution in [3.05, 3.63) is 81.9 Å². The Kier molecular flexibility index (Phi) is 4.05. The molecule has 0 amide bonds. The number of fused-ring (bicyclic) bond motifs is 2. The third-order valence-electron chi connectivity index (χ3n) is 7.36. The third-order valence-corrected chi connectivity index (χ3v) is 35.0. The van der Waals surface area contributed by atoms with Gasteiger partial charge in [0.15, 0.2) is 0 Å². The Morgan fingerprint density at radius 1 is 0.750 bits per heavy atom. The molecule has 149 valence electrons. The fourth-order valence-electron chi connectivity index (χ4n) is 6.51. The van der Waals surface area contributed by atoms with Crippen LogP contribution in [-0.2, 0) is 12.6 Å². The monoisotopic (exact) mass is 507 g/mol. The molecule has 0 aromatic heterocycles. The second-order valence-corrected chi connectivity index (χ2v) is 93.0. The quantitative estimate of drug-likeness (QED) is 0.374. The first-order chi connectivity index (χ1) is 12.8. The number of halogens is 2. The minimum absolute atomic E-state index is 0.124. The van der Waals surface area contributed by atoms with Crippen LogP contribution in [0.1, 0.15) is 56.2 Å². The van der Waals surface area contributed by atoms with Gasteiger partial charge >= 0.3 is 174 Å². The summed E-state index contributed by atoms with van der Waals surface area (Å²) in [5.41, 5.74) is 8.10. The van der Waals surface area contributed by atoms with E-state index in [4.69, 9.17) is 17.0 Å². The molecule has 2 unspecified atom stereocenters. The van der Waals surface area contributed by atoms with Gasteiger partial charge in [-0.3, -0.25) is 0 Å². The Morgan fingerprint density at radius 3 is 1.46 bits per heavy atom. The normalized spacial score (nSPS) is 25.0. The van der Waals surface area contributed by atoms with Gasteiger partial charge in [-0.1, -0.05) is 0 Å². The fourth-order valence-corrected chi connectivity index (χ4v) is 38.7. The molecule has 4 heteroatoms. The molecular weight excluding hydrogens is 478 g/mol. The van der Waals surface area contributed by atoms with Crippen molar-refractivity contribution in [2.45, 2.75) is 43.2 Å². The zero-order valence-corrected chi connectivity index (χ0v) is 23.6. The van der Waals surface area contributed by atoms with Gasteiger partial charge < -0.3 is 0 Å². The first-order valence-corrected chi connectivity index (χ1v) is 33.0. The van der Waals surface area contributed by atoms with Crippen molar-refractivity contribution < 1.29 is 12.6 Å². The van der Waals surface area contributed by atoms with Crippen LogP contribution in [0.5, 0.6) is 0 Å². The van der Waals surface area contributed by atoms with E-state index in [-0.39, 0.29) is 7.25 Å².